The topological polar surface area (TPSA) is 61.8 Å². The molecule has 0 bridgehead atoms. The third-order valence-electron chi connectivity index (χ3n) is 5.86. The van der Waals surface area contributed by atoms with Crippen LogP contribution in [-0.4, -0.2) is 59.7 Å². The molecule has 0 saturated carbocycles. The van der Waals surface area contributed by atoms with Crippen LogP contribution in [0.5, 0.6) is 0 Å². The van der Waals surface area contributed by atoms with Gasteiger partial charge in [0.1, 0.15) is 11.7 Å². The maximum atomic E-state index is 13.8. The summed E-state index contributed by atoms with van der Waals surface area (Å²) >= 11 is 0. The Hall–Kier alpha value is -2.65. The van der Waals surface area contributed by atoms with Crippen molar-refractivity contribution in [1.82, 2.24) is 14.9 Å². The fourth-order valence-corrected chi connectivity index (χ4v) is 4.49. The number of hydrogen-bond acceptors (Lipinski definition) is 6. The van der Waals surface area contributed by atoms with Gasteiger partial charge in [-0.25, -0.2) is 14.9 Å². The Bertz CT molecular complexity index is 956. The van der Waals surface area contributed by atoms with Gasteiger partial charge in [-0.1, -0.05) is 24.3 Å². The molecule has 9 heteroatoms. The summed E-state index contributed by atoms with van der Waals surface area (Å²) in [5.41, 5.74) is 2.27. The standard InChI is InChI=1S/C20H21F2N5O2/c1-12(28)26-10-14-11-29-7-6-25(14)19-16(26)8-23-18(24-19)17-15-5-3-2-4-13(15)9-27(17)20(21)22/h2-5,8,14,17,20H,6-7,9-11H2,1H3. The summed E-state index contributed by atoms with van der Waals surface area (Å²) < 4.78 is 33.2. The zero-order valence-electron chi connectivity index (χ0n) is 16.0. The molecule has 29 heavy (non-hydrogen) atoms. The summed E-state index contributed by atoms with van der Waals surface area (Å²) in [7, 11) is 0. The van der Waals surface area contributed by atoms with Crippen molar-refractivity contribution in [2.75, 3.05) is 36.1 Å². The number of halogens is 2. The van der Waals surface area contributed by atoms with Gasteiger partial charge in [0.15, 0.2) is 11.6 Å². The monoisotopic (exact) mass is 401 g/mol. The number of ether oxygens (including phenoxy) is 1. The van der Waals surface area contributed by atoms with Crippen molar-refractivity contribution in [2.45, 2.75) is 32.1 Å². The highest BCUT2D eigenvalue weighted by atomic mass is 19.3. The fourth-order valence-electron chi connectivity index (χ4n) is 4.49. The van der Waals surface area contributed by atoms with E-state index in [1.165, 1.54) is 6.92 Å². The van der Waals surface area contributed by atoms with Gasteiger partial charge in [0.05, 0.1) is 25.5 Å². The summed E-state index contributed by atoms with van der Waals surface area (Å²) in [6.45, 7) is 1.22. The van der Waals surface area contributed by atoms with Crippen molar-refractivity contribution >= 4 is 17.4 Å². The van der Waals surface area contributed by atoms with Gasteiger partial charge in [-0.3, -0.25) is 4.79 Å². The second-order valence-electron chi connectivity index (χ2n) is 7.54. The van der Waals surface area contributed by atoms with Crippen LogP contribution in [0.4, 0.5) is 20.3 Å². The van der Waals surface area contributed by atoms with E-state index in [2.05, 4.69) is 9.88 Å². The van der Waals surface area contributed by atoms with Gasteiger partial charge in [0, 0.05) is 26.6 Å². The maximum Gasteiger partial charge on any atom is 0.295 e. The molecule has 0 aliphatic carbocycles. The normalized spacial score (nSPS) is 23.7. The minimum absolute atomic E-state index is 0.00929. The van der Waals surface area contributed by atoms with Gasteiger partial charge in [-0.2, -0.15) is 8.78 Å². The van der Waals surface area contributed by atoms with Crippen molar-refractivity contribution in [3.05, 3.63) is 47.4 Å². The number of carbonyl (C=O) groups excluding carboxylic acids is 1. The lowest BCUT2D eigenvalue weighted by molar-refractivity contribution is -0.116. The molecule has 1 aromatic carbocycles. The van der Waals surface area contributed by atoms with Gasteiger partial charge < -0.3 is 14.5 Å². The first kappa shape index (κ1) is 18.4. The molecule has 2 atom stereocenters. The Morgan fingerprint density at radius 2 is 2.14 bits per heavy atom. The molecule has 1 amide bonds. The molecule has 2 aromatic rings. The number of rotatable bonds is 2. The van der Waals surface area contributed by atoms with Gasteiger partial charge in [0.25, 0.3) is 6.55 Å². The van der Waals surface area contributed by atoms with E-state index in [0.29, 0.717) is 43.6 Å². The minimum atomic E-state index is -2.63. The molecule has 3 aliphatic rings. The molecule has 0 spiro atoms. The van der Waals surface area contributed by atoms with Crippen LogP contribution in [0, 0.1) is 0 Å². The highest BCUT2D eigenvalue weighted by Crippen LogP contribution is 2.41. The first-order valence-electron chi connectivity index (χ1n) is 9.65. The van der Waals surface area contributed by atoms with Crippen LogP contribution < -0.4 is 9.80 Å². The number of fused-ring (bicyclic) bond motifs is 4. The Morgan fingerprint density at radius 3 is 2.93 bits per heavy atom. The third kappa shape index (κ3) is 2.96. The van der Waals surface area contributed by atoms with E-state index in [-0.39, 0.29) is 18.5 Å². The molecule has 2 unspecified atom stereocenters. The van der Waals surface area contributed by atoms with E-state index in [1.54, 1.807) is 11.1 Å². The molecule has 5 rings (SSSR count). The number of aromatic nitrogens is 2. The van der Waals surface area contributed by atoms with E-state index >= 15 is 0 Å². The lowest BCUT2D eigenvalue weighted by Gasteiger charge is -2.44. The van der Waals surface area contributed by atoms with Crippen LogP contribution in [0.3, 0.4) is 0 Å². The first-order chi connectivity index (χ1) is 14.0. The van der Waals surface area contributed by atoms with E-state index < -0.39 is 12.6 Å². The average Bonchev–Trinajstić information content (AvgIpc) is 3.12. The number of benzene rings is 1. The fraction of sp³-hybridized carbons (Fsp3) is 0.450. The Labute approximate surface area is 166 Å². The number of nitrogens with zero attached hydrogens (tertiary/aromatic N) is 5. The quantitative estimate of drug-likeness (QED) is 0.719. The predicted molar refractivity (Wildman–Crippen MR) is 102 cm³/mol. The molecule has 152 valence electrons. The van der Waals surface area contributed by atoms with Crippen molar-refractivity contribution in [3.8, 4) is 0 Å². The van der Waals surface area contributed by atoms with Crippen molar-refractivity contribution < 1.29 is 18.3 Å². The largest absolute Gasteiger partial charge is 0.377 e. The molecule has 1 saturated heterocycles. The summed E-state index contributed by atoms with van der Waals surface area (Å²) in [5, 5.41) is 0. The number of amides is 1. The third-order valence-corrected chi connectivity index (χ3v) is 5.86. The number of carbonyl (C=O) groups is 1. The maximum absolute atomic E-state index is 13.8. The molecular formula is C20H21F2N5O2. The van der Waals surface area contributed by atoms with E-state index in [0.717, 1.165) is 16.0 Å². The van der Waals surface area contributed by atoms with Gasteiger partial charge in [-0.05, 0) is 11.1 Å². The Kier molecular flexibility index (Phi) is 4.44. The van der Waals surface area contributed by atoms with E-state index in [9.17, 15) is 13.6 Å². The van der Waals surface area contributed by atoms with Crippen LogP contribution in [0.1, 0.15) is 29.9 Å². The molecule has 1 fully saturated rings. The molecule has 7 nitrogen and oxygen atoms in total. The summed E-state index contributed by atoms with van der Waals surface area (Å²) in [6.07, 6.45) is 1.59. The van der Waals surface area contributed by atoms with Crippen molar-refractivity contribution in [3.63, 3.8) is 0 Å². The number of hydrogen-bond donors (Lipinski definition) is 0. The smallest absolute Gasteiger partial charge is 0.295 e. The SMILES string of the molecule is CC(=O)N1CC2COCCN2c2nc(C3c4ccccc4CN3C(F)F)ncc21. The molecule has 1 aromatic heterocycles. The van der Waals surface area contributed by atoms with Gasteiger partial charge in [-0.15, -0.1) is 0 Å². The van der Waals surface area contributed by atoms with Crippen LogP contribution in [0.2, 0.25) is 0 Å². The molecule has 0 N–H and O–H groups in total. The van der Waals surface area contributed by atoms with E-state index in [4.69, 9.17) is 9.72 Å². The molecule has 0 radical (unpaired) electrons. The minimum Gasteiger partial charge on any atom is -0.377 e. The molecule has 4 heterocycles. The van der Waals surface area contributed by atoms with Gasteiger partial charge >= 0.3 is 0 Å². The Morgan fingerprint density at radius 1 is 1.31 bits per heavy atom. The summed E-state index contributed by atoms with van der Waals surface area (Å²) in [6, 6.07) is 6.67. The number of alkyl halides is 2. The van der Waals surface area contributed by atoms with Crippen molar-refractivity contribution in [1.29, 1.82) is 0 Å². The van der Waals surface area contributed by atoms with Gasteiger partial charge in [0.2, 0.25) is 5.91 Å². The molecule has 3 aliphatic heterocycles. The first-order valence-corrected chi connectivity index (χ1v) is 9.65. The Balaban J connectivity index is 1.62. The van der Waals surface area contributed by atoms with Crippen molar-refractivity contribution in [2.24, 2.45) is 0 Å². The second kappa shape index (κ2) is 7.00. The van der Waals surface area contributed by atoms with E-state index in [1.807, 2.05) is 24.3 Å². The molecular weight excluding hydrogens is 380 g/mol. The zero-order chi connectivity index (χ0) is 20.1. The average molecular weight is 401 g/mol. The second-order valence-corrected chi connectivity index (χ2v) is 7.54. The lowest BCUT2D eigenvalue weighted by Crippen LogP contribution is -2.56. The van der Waals surface area contributed by atoms with Crippen LogP contribution >= 0.6 is 0 Å². The highest BCUT2D eigenvalue weighted by Gasteiger charge is 2.41. The van der Waals surface area contributed by atoms with Crippen LogP contribution in [0.25, 0.3) is 0 Å². The number of morpholine rings is 1. The summed E-state index contributed by atoms with van der Waals surface area (Å²) in [5.74, 6) is 0.834. The van der Waals surface area contributed by atoms with Crippen LogP contribution in [-0.2, 0) is 16.1 Å². The zero-order valence-corrected chi connectivity index (χ0v) is 16.0. The lowest BCUT2D eigenvalue weighted by atomic mass is 10.0. The predicted octanol–water partition coefficient (Wildman–Crippen LogP) is 2.18. The van der Waals surface area contributed by atoms with Crippen LogP contribution in [0.15, 0.2) is 30.5 Å². The highest BCUT2D eigenvalue weighted by molar-refractivity contribution is 5.95. The summed E-state index contributed by atoms with van der Waals surface area (Å²) in [4.78, 5) is 26.2. The number of anilines is 2.